The summed E-state index contributed by atoms with van der Waals surface area (Å²) >= 11 is 0. The molecule has 0 aromatic carbocycles. The van der Waals surface area contributed by atoms with Crippen LogP contribution in [0.5, 0.6) is 0 Å². The van der Waals surface area contributed by atoms with E-state index in [1.165, 1.54) is 7.11 Å². The highest BCUT2D eigenvalue weighted by molar-refractivity contribution is 7.89. The van der Waals surface area contributed by atoms with E-state index in [4.69, 9.17) is 9.88 Å². The molecule has 0 unspecified atom stereocenters. The Bertz CT molecular complexity index is 585. The van der Waals surface area contributed by atoms with Gasteiger partial charge in [0, 0.05) is 13.3 Å². The molecular weight excluding hydrogens is 238 g/mol. The lowest BCUT2D eigenvalue weighted by atomic mass is 10.6. The summed E-state index contributed by atoms with van der Waals surface area (Å²) < 4.78 is 27.7. The molecule has 9 heteroatoms. The van der Waals surface area contributed by atoms with Crippen LogP contribution in [0.1, 0.15) is 0 Å². The predicted octanol–water partition coefficient (Wildman–Crippen LogP) is -2.17. The lowest BCUT2D eigenvalue weighted by molar-refractivity contribution is 0.185. The van der Waals surface area contributed by atoms with Crippen molar-refractivity contribution in [1.82, 2.24) is 9.55 Å². The number of methoxy groups -OCH3 is 1. The fourth-order valence-corrected chi connectivity index (χ4v) is 1.63. The van der Waals surface area contributed by atoms with Crippen LogP contribution in [0.15, 0.2) is 20.7 Å². The second-order valence-corrected chi connectivity index (χ2v) is 4.51. The maximum atomic E-state index is 11.2. The number of nitrogens with one attached hydrogen (secondary N) is 1. The summed E-state index contributed by atoms with van der Waals surface area (Å²) in [6, 6.07) is 0. The van der Waals surface area contributed by atoms with E-state index < -0.39 is 26.2 Å². The van der Waals surface area contributed by atoms with Crippen molar-refractivity contribution in [2.75, 3.05) is 13.7 Å². The van der Waals surface area contributed by atoms with E-state index in [0.29, 0.717) is 0 Å². The summed E-state index contributed by atoms with van der Waals surface area (Å²) in [5, 5.41) is 4.81. The first-order valence-electron chi connectivity index (χ1n) is 4.22. The van der Waals surface area contributed by atoms with E-state index in [1.807, 2.05) is 4.98 Å². The smallest absolute Gasteiger partial charge is 0.328 e. The normalized spacial score (nSPS) is 11.6. The third-order valence-corrected chi connectivity index (χ3v) is 2.72. The Morgan fingerprint density at radius 1 is 1.50 bits per heavy atom. The van der Waals surface area contributed by atoms with Gasteiger partial charge in [-0.15, -0.1) is 0 Å². The molecule has 1 aromatic rings. The molecule has 0 atom stereocenters. The highest BCUT2D eigenvalue weighted by Gasteiger charge is 2.15. The summed E-state index contributed by atoms with van der Waals surface area (Å²) in [5.41, 5.74) is -1.74. The molecule has 1 aromatic heterocycles. The number of aromatic nitrogens is 2. The van der Waals surface area contributed by atoms with Gasteiger partial charge in [0.25, 0.3) is 5.56 Å². The van der Waals surface area contributed by atoms with Crippen LogP contribution in [0.3, 0.4) is 0 Å². The first kappa shape index (κ1) is 12.6. The van der Waals surface area contributed by atoms with Gasteiger partial charge in [0.15, 0.2) is 4.90 Å². The fraction of sp³-hybridized carbons (Fsp3) is 0.429. The third-order valence-electron chi connectivity index (χ3n) is 1.82. The van der Waals surface area contributed by atoms with Crippen LogP contribution in [-0.4, -0.2) is 31.7 Å². The molecular formula is C7H11N3O5S. The molecule has 0 bridgehead atoms. The number of ether oxygens (including phenoxy) is 1. The Morgan fingerprint density at radius 3 is 2.62 bits per heavy atom. The molecule has 0 radical (unpaired) electrons. The first-order chi connectivity index (χ1) is 7.36. The van der Waals surface area contributed by atoms with Crippen LogP contribution in [0.4, 0.5) is 0 Å². The number of nitrogens with zero attached hydrogens (tertiary/aromatic N) is 1. The molecule has 0 saturated carbocycles. The fourth-order valence-electron chi connectivity index (χ4n) is 1.05. The molecule has 0 fully saturated rings. The maximum Gasteiger partial charge on any atom is 0.328 e. The lowest BCUT2D eigenvalue weighted by Crippen LogP contribution is -2.35. The van der Waals surface area contributed by atoms with E-state index >= 15 is 0 Å². The maximum absolute atomic E-state index is 11.2. The van der Waals surface area contributed by atoms with Gasteiger partial charge in [-0.25, -0.2) is 18.4 Å². The van der Waals surface area contributed by atoms with Crippen molar-refractivity contribution in [3.63, 3.8) is 0 Å². The van der Waals surface area contributed by atoms with Crippen molar-refractivity contribution in [2.24, 2.45) is 5.14 Å². The summed E-state index contributed by atoms with van der Waals surface area (Å²) in [6.45, 7) is 0.324. The highest BCUT2D eigenvalue weighted by Crippen LogP contribution is 1.95. The summed E-state index contributed by atoms with van der Waals surface area (Å²) in [4.78, 5) is 23.6. The zero-order chi connectivity index (χ0) is 12.3. The summed E-state index contributed by atoms with van der Waals surface area (Å²) in [5.74, 6) is 0. The number of H-pyrrole nitrogens is 1. The Labute approximate surface area is 90.7 Å². The van der Waals surface area contributed by atoms with Crippen LogP contribution >= 0.6 is 0 Å². The monoisotopic (exact) mass is 249 g/mol. The summed E-state index contributed by atoms with van der Waals surface area (Å²) in [6.07, 6.45) is 0.898. The van der Waals surface area contributed by atoms with Crippen LogP contribution in [0.2, 0.25) is 0 Å². The molecule has 90 valence electrons. The number of primary sulfonamides is 1. The van der Waals surface area contributed by atoms with Gasteiger partial charge in [-0.1, -0.05) is 0 Å². The number of sulfonamides is 1. The molecule has 0 aliphatic heterocycles. The van der Waals surface area contributed by atoms with Crippen molar-refractivity contribution in [1.29, 1.82) is 0 Å². The molecule has 0 amide bonds. The molecule has 0 saturated heterocycles. The zero-order valence-corrected chi connectivity index (χ0v) is 9.28. The quantitative estimate of drug-likeness (QED) is 0.628. The van der Waals surface area contributed by atoms with Gasteiger partial charge in [0.2, 0.25) is 10.0 Å². The van der Waals surface area contributed by atoms with Crippen molar-refractivity contribution < 1.29 is 13.2 Å². The SMILES string of the molecule is COCCn1cc(S(N)(=O)=O)c(=O)[nH]c1=O. The van der Waals surface area contributed by atoms with Crippen LogP contribution in [-0.2, 0) is 21.3 Å². The minimum atomic E-state index is -4.14. The molecule has 8 nitrogen and oxygen atoms in total. The number of rotatable bonds is 4. The van der Waals surface area contributed by atoms with E-state index in [0.717, 1.165) is 10.8 Å². The van der Waals surface area contributed by atoms with Gasteiger partial charge in [-0.3, -0.25) is 14.3 Å². The number of hydrogen-bond donors (Lipinski definition) is 2. The topological polar surface area (TPSA) is 124 Å². The molecule has 0 aliphatic carbocycles. The van der Waals surface area contributed by atoms with Crippen LogP contribution in [0.25, 0.3) is 0 Å². The molecule has 0 aliphatic rings. The van der Waals surface area contributed by atoms with E-state index in [2.05, 4.69) is 0 Å². The second kappa shape index (κ2) is 4.60. The minimum Gasteiger partial charge on any atom is -0.383 e. The zero-order valence-electron chi connectivity index (χ0n) is 8.47. The molecule has 0 spiro atoms. The molecule has 1 rings (SSSR count). The van der Waals surface area contributed by atoms with Gasteiger partial charge >= 0.3 is 5.69 Å². The van der Waals surface area contributed by atoms with Gasteiger partial charge in [0.1, 0.15) is 0 Å². The van der Waals surface area contributed by atoms with E-state index in [-0.39, 0.29) is 13.2 Å². The second-order valence-electron chi connectivity index (χ2n) is 2.98. The van der Waals surface area contributed by atoms with Crippen molar-refractivity contribution >= 4 is 10.0 Å². The predicted molar refractivity (Wildman–Crippen MR) is 54.6 cm³/mol. The van der Waals surface area contributed by atoms with Gasteiger partial charge < -0.3 is 4.74 Å². The number of hydrogen-bond acceptors (Lipinski definition) is 5. The largest absolute Gasteiger partial charge is 0.383 e. The Kier molecular flexibility index (Phi) is 3.62. The average molecular weight is 249 g/mol. The first-order valence-corrected chi connectivity index (χ1v) is 5.76. The Morgan fingerprint density at radius 2 is 2.12 bits per heavy atom. The number of aromatic amines is 1. The van der Waals surface area contributed by atoms with Crippen LogP contribution < -0.4 is 16.4 Å². The average Bonchev–Trinajstić information content (AvgIpc) is 2.14. The lowest BCUT2D eigenvalue weighted by Gasteiger charge is -2.05. The minimum absolute atomic E-state index is 0.120. The molecule has 16 heavy (non-hydrogen) atoms. The van der Waals surface area contributed by atoms with Crippen molar-refractivity contribution in [3.05, 3.63) is 27.0 Å². The standard InChI is InChI=1S/C7H11N3O5S/c1-15-3-2-10-4-5(16(8,13)14)6(11)9-7(10)12/h4H,2-3H2,1H3,(H2,8,13,14)(H,9,11,12). The van der Waals surface area contributed by atoms with Gasteiger partial charge in [-0.05, 0) is 0 Å². The number of nitrogens with two attached hydrogens (primary N) is 1. The summed E-state index contributed by atoms with van der Waals surface area (Å²) in [7, 11) is -2.71. The Hall–Kier alpha value is -1.45. The molecule has 3 N–H and O–H groups in total. The van der Waals surface area contributed by atoms with Gasteiger partial charge in [-0.2, -0.15) is 0 Å². The van der Waals surface area contributed by atoms with Crippen molar-refractivity contribution in [2.45, 2.75) is 11.4 Å². The van der Waals surface area contributed by atoms with E-state index in [9.17, 15) is 18.0 Å². The van der Waals surface area contributed by atoms with Gasteiger partial charge in [0.05, 0.1) is 13.2 Å². The highest BCUT2D eigenvalue weighted by atomic mass is 32.2. The van der Waals surface area contributed by atoms with E-state index in [1.54, 1.807) is 0 Å². The van der Waals surface area contributed by atoms with Crippen LogP contribution in [0, 0.1) is 0 Å². The third kappa shape index (κ3) is 2.78. The molecule has 1 heterocycles. The Balaban J connectivity index is 3.34. The van der Waals surface area contributed by atoms with Crippen molar-refractivity contribution in [3.8, 4) is 0 Å².